The number of aryl methyl sites for hydroxylation is 1. The van der Waals surface area contributed by atoms with Crippen molar-refractivity contribution in [2.75, 3.05) is 0 Å². The average molecular weight is 421 g/mol. The number of fused-ring (bicyclic) bond motifs is 1. The maximum absolute atomic E-state index is 11.2. The zero-order valence-electron chi connectivity index (χ0n) is 13.2. The summed E-state index contributed by atoms with van der Waals surface area (Å²) in [4.78, 5) is 4.55. The second-order valence-corrected chi connectivity index (χ2v) is 7.70. The number of hydrogen-bond acceptors (Lipinski definition) is 4. The Balaban J connectivity index is 0.00000156. The fraction of sp³-hybridized carbons (Fsp3) is 0.118. The minimum Gasteiger partial charge on any atom is -0.489 e. The molecule has 134 valence electrons. The van der Waals surface area contributed by atoms with Crippen LogP contribution in [0.2, 0.25) is 0 Å². The summed E-state index contributed by atoms with van der Waals surface area (Å²) >= 11 is 0. The van der Waals surface area contributed by atoms with Crippen LogP contribution in [0.15, 0.2) is 59.5 Å². The van der Waals surface area contributed by atoms with Gasteiger partial charge in [0, 0.05) is 27.3 Å². The Morgan fingerprint density at radius 1 is 1.04 bits per heavy atom. The zero-order valence-corrected chi connectivity index (χ0v) is 16.4. The number of hydrogen-bond donors (Lipinski definition) is 0. The molecule has 25 heavy (non-hydrogen) atoms. The lowest BCUT2D eigenvalue weighted by atomic mass is 10.1. The van der Waals surface area contributed by atoms with Crippen molar-refractivity contribution in [1.29, 1.82) is 0 Å². The summed E-state index contributed by atoms with van der Waals surface area (Å²) in [6, 6.07) is 15.9. The number of halogens is 3. The van der Waals surface area contributed by atoms with Crippen molar-refractivity contribution in [1.82, 2.24) is 4.98 Å². The molecule has 3 aromatic rings. The first-order valence-electron chi connectivity index (χ1n) is 6.96. The van der Waals surface area contributed by atoms with E-state index in [1.54, 1.807) is 12.1 Å². The highest BCUT2D eigenvalue weighted by Crippen LogP contribution is 2.22. The van der Waals surface area contributed by atoms with Crippen LogP contribution in [0.3, 0.4) is 0 Å². The van der Waals surface area contributed by atoms with Gasteiger partial charge in [0.1, 0.15) is 12.4 Å². The Labute approximate surface area is 163 Å². The molecule has 3 rings (SSSR count). The molecular weight excluding hydrogens is 405 g/mol. The average Bonchev–Trinajstić information content (AvgIpc) is 2.52. The van der Waals surface area contributed by atoms with Gasteiger partial charge >= 0.3 is 0 Å². The molecule has 1 heterocycles. The van der Waals surface area contributed by atoms with Crippen molar-refractivity contribution < 1.29 is 13.2 Å². The third-order valence-corrected chi connectivity index (χ3v) is 4.80. The monoisotopic (exact) mass is 419 g/mol. The summed E-state index contributed by atoms with van der Waals surface area (Å²) in [6.07, 6.45) is 0. The van der Waals surface area contributed by atoms with Crippen LogP contribution in [0.25, 0.3) is 10.9 Å². The Morgan fingerprint density at radius 3 is 2.32 bits per heavy atom. The van der Waals surface area contributed by atoms with Crippen molar-refractivity contribution in [2.45, 2.75) is 18.4 Å². The van der Waals surface area contributed by atoms with Crippen LogP contribution in [0.5, 0.6) is 5.75 Å². The normalized spacial score (nSPS) is 10.6. The molecule has 1 aromatic heterocycles. The van der Waals surface area contributed by atoms with Gasteiger partial charge in [0.05, 0.1) is 10.4 Å². The summed E-state index contributed by atoms with van der Waals surface area (Å²) in [6.45, 7) is 2.31. The molecule has 0 atom stereocenters. The van der Waals surface area contributed by atoms with E-state index >= 15 is 0 Å². The van der Waals surface area contributed by atoms with E-state index in [9.17, 15) is 8.42 Å². The minimum atomic E-state index is -3.71. The van der Waals surface area contributed by atoms with Gasteiger partial charge in [-0.15, -0.1) is 24.8 Å². The van der Waals surface area contributed by atoms with Crippen molar-refractivity contribution in [3.8, 4) is 5.75 Å². The number of para-hydroxylation sites is 1. The third-order valence-electron chi connectivity index (χ3n) is 3.43. The molecular formula is C17H16Cl3NO3S. The van der Waals surface area contributed by atoms with Crippen LogP contribution in [0.4, 0.5) is 0 Å². The number of rotatable bonds is 4. The topological polar surface area (TPSA) is 56.3 Å². The van der Waals surface area contributed by atoms with Gasteiger partial charge in [-0.1, -0.05) is 18.2 Å². The quantitative estimate of drug-likeness (QED) is 0.564. The summed E-state index contributed by atoms with van der Waals surface area (Å²) in [5.41, 5.74) is 2.88. The SMILES string of the molecule is Cc1cc(COc2ccc(S(=O)(=O)Cl)cc2)c2ccccc2n1.Cl.Cl. The van der Waals surface area contributed by atoms with Gasteiger partial charge in [0.25, 0.3) is 9.05 Å². The largest absolute Gasteiger partial charge is 0.489 e. The number of aromatic nitrogens is 1. The Kier molecular flexibility index (Phi) is 7.50. The summed E-state index contributed by atoms with van der Waals surface area (Å²) < 4.78 is 28.2. The van der Waals surface area contributed by atoms with Gasteiger partial charge in [0.2, 0.25) is 0 Å². The van der Waals surface area contributed by atoms with E-state index in [0.717, 1.165) is 22.2 Å². The van der Waals surface area contributed by atoms with E-state index in [-0.39, 0.29) is 29.7 Å². The van der Waals surface area contributed by atoms with Crippen molar-refractivity contribution in [3.05, 3.63) is 65.9 Å². The van der Waals surface area contributed by atoms with Crippen LogP contribution in [-0.4, -0.2) is 13.4 Å². The molecule has 0 radical (unpaired) electrons. The Hall–Kier alpha value is -1.53. The summed E-state index contributed by atoms with van der Waals surface area (Å²) in [5, 5.41) is 1.04. The second-order valence-electron chi connectivity index (χ2n) is 5.14. The van der Waals surface area contributed by atoms with Crippen molar-refractivity contribution in [3.63, 3.8) is 0 Å². The molecule has 8 heteroatoms. The first-order valence-corrected chi connectivity index (χ1v) is 9.27. The first-order chi connectivity index (χ1) is 10.9. The minimum absolute atomic E-state index is 0. The molecule has 0 aliphatic carbocycles. The van der Waals surface area contributed by atoms with E-state index in [0.29, 0.717) is 12.4 Å². The lowest BCUT2D eigenvalue weighted by Crippen LogP contribution is -1.99. The summed E-state index contributed by atoms with van der Waals surface area (Å²) in [7, 11) is 1.58. The number of ether oxygens (including phenoxy) is 1. The maximum Gasteiger partial charge on any atom is 0.261 e. The molecule has 0 N–H and O–H groups in total. The van der Waals surface area contributed by atoms with Gasteiger partial charge in [-0.3, -0.25) is 4.98 Å². The molecule has 2 aromatic carbocycles. The fourth-order valence-corrected chi connectivity index (χ4v) is 3.14. The molecule has 0 aliphatic heterocycles. The van der Waals surface area contributed by atoms with E-state index in [2.05, 4.69) is 4.98 Å². The number of pyridine rings is 1. The zero-order chi connectivity index (χ0) is 16.4. The molecule has 0 unspecified atom stereocenters. The van der Waals surface area contributed by atoms with Crippen LogP contribution in [-0.2, 0) is 15.7 Å². The summed E-state index contributed by atoms with van der Waals surface area (Å²) in [5.74, 6) is 0.576. The van der Waals surface area contributed by atoms with Crippen molar-refractivity contribution in [2.24, 2.45) is 0 Å². The molecule has 0 fully saturated rings. The molecule has 0 saturated heterocycles. The van der Waals surface area contributed by atoms with Gasteiger partial charge in [0.15, 0.2) is 0 Å². The van der Waals surface area contributed by atoms with E-state index in [4.69, 9.17) is 15.4 Å². The van der Waals surface area contributed by atoms with Gasteiger partial charge < -0.3 is 4.74 Å². The lowest BCUT2D eigenvalue weighted by molar-refractivity contribution is 0.307. The van der Waals surface area contributed by atoms with Gasteiger partial charge in [-0.25, -0.2) is 8.42 Å². The molecule has 0 spiro atoms. The molecule has 0 amide bonds. The predicted molar refractivity (Wildman–Crippen MR) is 105 cm³/mol. The standard InChI is InChI=1S/C17H14ClNO3S.2ClH/c1-12-10-13(16-4-2-3-5-17(16)19-12)11-22-14-6-8-15(9-7-14)23(18,20)21;;/h2-10H,11H2,1H3;2*1H. The molecule has 0 saturated carbocycles. The van der Waals surface area contributed by atoms with Crippen LogP contribution in [0.1, 0.15) is 11.3 Å². The van der Waals surface area contributed by atoms with Crippen LogP contribution in [0, 0.1) is 6.92 Å². The molecule has 4 nitrogen and oxygen atoms in total. The third kappa shape index (κ3) is 5.22. The van der Waals surface area contributed by atoms with Crippen molar-refractivity contribution >= 4 is 55.5 Å². The first kappa shape index (κ1) is 21.5. The second kappa shape index (κ2) is 8.72. The van der Waals surface area contributed by atoms with Gasteiger partial charge in [-0.05, 0) is 43.3 Å². The van der Waals surface area contributed by atoms with Crippen LogP contribution >= 0.6 is 35.5 Å². The van der Waals surface area contributed by atoms with Crippen LogP contribution < -0.4 is 4.74 Å². The molecule has 0 bridgehead atoms. The predicted octanol–water partition coefficient (Wildman–Crippen LogP) is 4.89. The van der Waals surface area contributed by atoms with Gasteiger partial charge in [-0.2, -0.15) is 0 Å². The highest BCUT2D eigenvalue weighted by Gasteiger charge is 2.10. The van der Waals surface area contributed by atoms with E-state index in [1.165, 1.54) is 12.1 Å². The molecule has 0 aliphatic rings. The Bertz CT molecular complexity index is 961. The highest BCUT2D eigenvalue weighted by molar-refractivity contribution is 8.13. The van der Waals surface area contributed by atoms with E-state index in [1.807, 2.05) is 37.3 Å². The maximum atomic E-state index is 11.2. The highest BCUT2D eigenvalue weighted by atomic mass is 35.7. The van der Waals surface area contributed by atoms with E-state index < -0.39 is 9.05 Å². The lowest BCUT2D eigenvalue weighted by Gasteiger charge is -2.10. The fourth-order valence-electron chi connectivity index (χ4n) is 2.37. The Morgan fingerprint density at radius 2 is 1.68 bits per heavy atom. The number of nitrogens with zero attached hydrogens (tertiary/aromatic N) is 1. The smallest absolute Gasteiger partial charge is 0.261 e. The number of benzene rings is 2.